The number of nitrogens with one attached hydrogen (secondary N) is 1. The molecule has 3 aromatic heterocycles. The Kier molecular flexibility index (Phi) is 6.65. The summed E-state index contributed by atoms with van der Waals surface area (Å²) in [5.74, 6) is 1.35. The monoisotopic (exact) mass is 498 g/mol. The molecule has 1 aliphatic heterocycles. The van der Waals surface area contributed by atoms with Gasteiger partial charge in [-0.1, -0.05) is 67.2 Å². The summed E-state index contributed by atoms with van der Waals surface area (Å²) in [6.45, 7) is 7.12. The van der Waals surface area contributed by atoms with Gasteiger partial charge in [0, 0.05) is 67.2 Å². The van der Waals surface area contributed by atoms with Crippen LogP contribution in [0.2, 0.25) is 0 Å². The summed E-state index contributed by atoms with van der Waals surface area (Å²) in [6, 6.07) is 25.4. The fourth-order valence-corrected chi connectivity index (χ4v) is 5.34. The molecule has 0 spiro atoms. The first-order valence-electron chi connectivity index (χ1n) is 13.2. The number of likely N-dealkylation sites (tertiary alicyclic amines) is 1. The molecule has 0 unspecified atom stereocenters. The van der Waals surface area contributed by atoms with E-state index in [1.54, 1.807) is 6.20 Å². The highest BCUT2D eigenvalue weighted by Crippen LogP contribution is 2.35. The molecule has 0 bridgehead atoms. The lowest BCUT2D eigenvalue weighted by atomic mass is 9.91. The summed E-state index contributed by atoms with van der Waals surface area (Å²) in [5, 5.41) is 8.14. The van der Waals surface area contributed by atoms with Crippen LogP contribution >= 0.6 is 0 Å². The van der Waals surface area contributed by atoms with E-state index in [0.29, 0.717) is 12.5 Å². The van der Waals surface area contributed by atoms with E-state index < -0.39 is 0 Å². The van der Waals surface area contributed by atoms with Gasteiger partial charge in [-0.2, -0.15) is 9.61 Å². The maximum Gasteiger partial charge on any atom is 0.151 e. The Hall–Kier alpha value is -4.39. The van der Waals surface area contributed by atoms with E-state index in [1.807, 2.05) is 23.0 Å². The van der Waals surface area contributed by atoms with Crippen molar-refractivity contribution in [2.45, 2.75) is 25.3 Å². The largest absolute Gasteiger partial charge is 0.371 e. The van der Waals surface area contributed by atoms with E-state index in [1.165, 1.54) is 16.7 Å². The standard InChI is InChI=1S/C31H31BN6/c1-22(26-11-5-6-12-27(26)24-9-3-2-4-10-24)37-16-13-25(14-17-37)29-18-30(34-20-23-8-7-15-33-19-23)38-31(36-29)28(32)21-35-38/h2-12,15,18-19,21,25,34H,1,13-14,16-17,20,32H2. The molecule has 0 amide bonds. The molecule has 1 saturated heterocycles. The number of hydrogen-bond donors (Lipinski definition) is 1. The predicted molar refractivity (Wildman–Crippen MR) is 157 cm³/mol. The lowest BCUT2D eigenvalue weighted by molar-refractivity contribution is 0.297. The van der Waals surface area contributed by atoms with Crippen molar-refractivity contribution in [1.29, 1.82) is 0 Å². The number of rotatable bonds is 7. The van der Waals surface area contributed by atoms with Crippen molar-refractivity contribution >= 4 is 30.5 Å². The van der Waals surface area contributed by atoms with E-state index in [0.717, 1.165) is 59.8 Å². The molecule has 1 fully saturated rings. The lowest BCUT2D eigenvalue weighted by Crippen LogP contribution is -2.32. The molecule has 38 heavy (non-hydrogen) atoms. The van der Waals surface area contributed by atoms with E-state index in [2.05, 4.69) is 101 Å². The third-order valence-electron chi connectivity index (χ3n) is 7.48. The SMILES string of the molecule is Bc1cnn2c(NCc3cccnc3)cc(C3CCN(C(=C)c4ccccc4-c4ccccc4)CC3)nc12. The van der Waals surface area contributed by atoms with Gasteiger partial charge in [-0.15, -0.1) is 0 Å². The average molecular weight is 498 g/mol. The van der Waals surface area contributed by atoms with Crippen LogP contribution in [0, 0.1) is 0 Å². The highest BCUT2D eigenvalue weighted by molar-refractivity contribution is 6.36. The molecular formula is C31H31BN6. The fourth-order valence-electron chi connectivity index (χ4n) is 5.34. The first kappa shape index (κ1) is 24.0. The Balaban J connectivity index is 1.20. The van der Waals surface area contributed by atoms with Gasteiger partial charge in [-0.3, -0.25) is 4.98 Å². The zero-order chi connectivity index (χ0) is 25.9. The van der Waals surface area contributed by atoms with Crippen LogP contribution < -0.4 is 10.8 Å². The molecule has 6 nitrogen and oxygen atoms in total. The number of benzene rings is 2. The average Bonchev–Trinajstić information content (AvgIpc) is 3.37. The van der Waals surface area contributed by atoms with Crippen LogP contribution in [0.25, 0.3) is 22.5 Å². The third-order valence-corrected chi connectivity index (χ3v) is 7.48. The first-order valence-corrected chi connectivity index (χ1v) is 13.2. The number of aromatic nitrogens is 4. The van der Waals surface area contributed by atoms with Crippen molar-refractivity contribution in [3.05, 3.63) is 115 Å². The summed E-state index contributed by atoms with van der Waals surface area (Å²) in [5.41, 5.74) is 9.01. The summed E-state index contributed by atoms with van der Waals surface area (Å²) in [7, 11) is 2.07. The minimum atomic E-state index is 0.390. The molecule has 0 aliphatic carbocycles. The molecule has 0 atom stereocenters. The van der Waals surface area contributed by atoms with Crippen LogP contribution in [0.1, 0.15) is 35.6 Å². The number of hydrogen-bond acceptors (Lipinski definition) is 5. The second-order valence-corrected chi connectivity index (χ2v) is 9.96. The van der Waals surface area contributed by atoms with Gasteiger partial charge in [-0.05, 0) is 41.1 Å². The van der Waals surface area contributed by atoms with Crippen LogP contribution in [0.15, 0.2) is 98.0 Å². The first-order chi connectivity index (χ1) is 18.7. The van der Waals surface area contributed by atoms with Crippen molar-refractivity contribution in [2.75, 3.05) is 18.4 Å². The van der Waals surface area contributed by atoms with Gasteiger partial charge in [-0.25, -0.2) is 4.98 Å². The van der Waals surface area contributed by atoms with E-state index in [9.17, 15) is 0 Å². The minimum Gasteiger partial charge on any atom is -0.371 e. The molecule has 7 heteroatoms. The number of piperidine rings is 1. The lowest BCUT2D eigenvalue weighted by Gasteiger charge is -2.35. The summed E-state index contributed by atoms with van der Waals surface area (Å²) >= 11 is 0. The van der Waals surface area contributed by atoms with Crippen molar-refractivity contribution in [3.63, 3.8) is 0 Å². The molecule has 1 N–H and O–H groups in total. The second-order valence-electron chi connectivity index (χ2n) is 9.96. The van der Waals surface area contributed by atoms with Gasteiger partial charge in [0.1, 0.15) is 13.7 Å². The van der Waals surface area contributed by atoms with Gasteiger partial charge in [0.15, 0.2) is 5.65 Å². The Bertz CT molecular complexity index is 1560. The van der Waals surface area contributed by atoms with E-state index in [4.69, 9.17) is 4.98 Å². The van der Waals surface area contributed by atoms with Gasteiger partial charge in [0.05, 0.1) is 0 Å². The number of nitrogens with zero attached hydrogens (tertiary/aromatic N) is 5. The molecule has 4 heterocycles. The van der Waals surface area contributed by atoms with Crippen LogP contribution in [-0.4, -0.2) is 45.4 Å². The van der Waals surface area contributed by atoms with Crippen molar-refractivity contribution < 1.29 is 0 Å². The van der Waals surface area contributed by atoms with Crippen LogP contribution in [0.3, 0.4) is 0 Å². The molecule has 0 radical (unpaired) electrons. The quantitative estimate of drug-likeness (QED) is 0.335. The molecule has 1 aliphatic rings. The van der Waals surface area contributed by atoms with Crippen molar-refractivity contribution in [1.82, 2.24) is 24.5 Å². The van der Waals surface area contributed by atoms with E-state index in [-0.39, 0.29) is 0 Å². The van der Waals surface area contributed by atoms with Gasteiger partial charge in [0.25, 0.3) is 0 Å². The Morgan fingerprint density at radius 2 is 1.76 bits per heavy atom. The number of pyridine rings is 1. The fraction of sp³-hybridized carbons (Fsp3) is 0.194. The second kappa shape index (κ2) is 10.5. The zero-order valence-corrected chi connectivity index (χ0v) is 21.7. The van der Waals surface area contributed by atoms with Crippen LogP contribution in [-0.2, 0) is 6.54 Å². The van der Waals surface area contributed by atoms with Crippen molar-refractivity contribution in [2.24, 2.45) is 0 Å². The van der Waals surface area contributed by atoms with Gasteiger partial charge >= 0.3 is 0 Å². The Morgan fingerprint density at radius 1 is 0.974 bits per heavy atom. The predicted octanol–water partition coefficient (Wildman–Crippen LogP) is 4.51. The van der Waals surface area contributed by atoms with Crippen molar-refractivity contribution in [3.8, 4) is 11.1 Å². The highest BCUT2D eigenvalue weighted by atomic mass is 15.3. The van der Waals surface area contributed by atoms with Gasteiger partial charge in [0.2, 0.25) is 0 Å². The molecule has 0 saturated carbocycles. The highest BCUT2D eigenvalue weighted by Gasteiger charge is 2.25. The summed E-state index contributed by atoms with van der Waals surface area (Å²) in [4.78, 5) is 11.7. The molecule has 188 valence electrons. The number of anilines is 1. The maximum absolute atomic E-state index is 5.06. The third kappa shape index (κ3) is 4.79. The molecular weight excluding hydrogens is 467 g/mol. The Labute approximate surface area is 224 Å². The molecule has 2 aromatic carbocycles. The smallest absolute Gasteiger partial charge is 0.151 e. The topological polar surface area (TPSA) is 58.4 Å². The molecule has 6 rings (SSSR count). The summed E-state index contributed by atoms with van der Waals surface area (Å²) in [6.07, 6.45) is 7.64. The van der Waals surface area contributed by atoms with Crippen LogP contribution in [0.4, 0.5) is 5.82 Å². The number of fused-ring (bicyclic) bond motifs is 1. The molecule has 5 aromatic rings. The minimum absolute atomic E-state index is 0.390. The van der Waals surface area contributed by atoms with E-state index >= 15 is 0 Å². The summed E-state index contributed by atoms with van der Waals surface area (Å²) < 4.78 is 1.91. The Morgan fingerprint density at radius 3 is 2.55 bits per heavy atom. The normalized spacial score (nSPS) is 14.1. The van der Waals surface area contributed by atoms with Crippen LogP contribution in [0.5, 0.6) is 0 Å². The maximum atomic E-state index is 5.06. The van der Waals surface area contributed by atoms with Gasteiger partial charge < -0.3 is 10.2 Å². The zero-order valence-electron chi connectivity index (χ0n) is 21.7.